The maximum atomic E-state index is 12.0. The normalized spacial score (nSPS) is 14.1. The summed E-state index contributed by atoms with van der Waals surface area (Å²) in [4.78, 5) is 25.5. The molecule has 7 heteroatoms. The molecular weight excluding hydrogens is 308 g/mol. The maximum absolute atomic E-state index is 12.0. The fourth-order valence-electron chi connectivity index (χ4n) is 2.72. The second-order valence-corrected chi connectivity index (χ2v) is 5.78. The van der Waals surface area contributed by atoms with Crippen LogP contribution < -0.4 is 15.0 Å². The number of nitrogens with zero attached hydrogens (tertiary/aromatic N) is 3. The summed E-state index contributed by atoms with van der Waals surface area (Å²) < 4.78 is 7.15. The predicted molar refractivity (Wildman–Crippen MR) is 90.1 cm³/mol. The molecule has 0 spiro atoms. The van der Waals surface area contributed by atoms with Gasteiger partial charge < -0.3 is 15.0 Å². The summed E-state index contributed by atoms with van der Waals surface area (Å²) in [5.74, 6) is 1.04. The number of aryl methyl sites for hydroxylation is 2. The highest BCUT2D eigenvalue weighted by molar-refractivity contribution is 5.95. The van der Waals surface area contributed by atoms with Crippen LogP contribution in [-0.2, 0) is 16.6 Å². The topological polar surface area (TPSA) is 76.5 Å². The SMILES string of the molecule is Cc1cc(NC(=O)COc2cccc(N3CCCC3=O)c2)n(C)n1. The smallest absolute Gasteiger partial charge is 0.263 e. The van der Waals surface area contributed by atoms with E-state index in [9.17, 15) is 9.59 Å². The van der Waals surface area contributed by atoms with Gasteiger partial charge in [0.05, 0.1) is 5.69 Å². The lowest BCUT2D eigenvalue weighted by Crippen LogP contribution is -2.24. The minimum atomic E-state index is -0.263. The van der Waals surface area contributed by atoms with E-state index in [2.05, 4.69) is 10.4 Å². The number of hydrogen-bond donors (Lipinski definition) is 1. The molecule has 2 heterocycles. The zero-order valence-corrected chi connectivity index (χ0v) is 13.8. The third-order valence-electron chi connectivity index (χ3n) is 3.84. The van der Waals surface area contributed by atoms with E-state index in [-0.39, 0.29) is 18.4 Å². The lowest BCUT2D eigenvalue weighted by molar-refractivity contribution is -0.118. The number of benzene rings is 1. The molecule has 1 N–H and O–H groups in total. The van der Waals surface area contributed by atoms with Gasteiger partial charge in [0.2, 0.25) is 5.91 Å². The average molecular weight is 328 g/mol. The molecule has 2 aromatic rings. The van der Waals surface area contributed by atoms with Gasteiger partial charge in [-0.15, -0.1) is 0 Å². The van der Waals surface area contributed by atoms with Gasteiger partial charge in [0.25, 0.3) is 5.91 Å². The molecule has 7 nitrogen and oxygen atoms in total. The molecule has 3 rings (SSSR count). The first kappa shape index (κ1) is 16.0. The first-order valence-corrected chi connectivity index (χ1v) is 7.86. The molecule has 1 aromatic carbocycles. The highest BCUT2D eigenvalue weighted by atomic mass is 16.5. The zero-order chi connectivity index (χ0) is 17.1. The van der Waals surface area contributed by atoms with Crippen LogP contribution in [0.1, 0.15) is 18.5 Å². The van der Waals surface area contributed by atoms with E-state index in [1.165, 1.54) is 0 Å². The molecule has 0 atom stereocenters. The van der Waals surface area contributed by atoms with Gasteiger partial charge in [-0.05, 0) is 25.5 Å². The van der Waals surface area contributed by atoms with E-state index < -0.39 is 0 Å². The third-order valence-corrected chi connectivity index (χ3v) is 3.84. The van der Waals surface area contributed by atoms with Crippen molar-refractivity contribution in [3.05, 3.63) is 36.0 Å². The van der Waals surface area contributed by atoms with E-state index >= 15 is 0 Å². The van der Waals surface area contributed by atoms with Crippen molar-refractivity contribution in [2.75, 3.05) is 23.4 Å². The molecule has 1 fully saturated rings. The van der Waals surface area contributed by atoms with Gasteiger partial charge in [-0.3, -0.25) is 14.3 Å². The van der Waals surface area contributed by atoms with Crippen LogP contribution in [0.15, 0.2) is 30.3 Å². The summed E-state index contributed by atoms with van der Waals surface area (Å²) in [6.07, 6.45) is 1.45. The molecule has 2 amide bonds. The van der Waals surface area contributed by atoms with Crippen molar-refractivity contribution >= 4 is 23.3 Å². The minimum Gasteiger partial charge on any atom is -0.484 e. The van der Waals surface area contributed by atoms with Crippen molar-refractivity contribution in [2.24, 2.45) is 7.05 Å². The summed E-state index contributed by atoms with van der Waals surface area (Å²) in [5.41, 5.74) is 1.63. The van der Waals surface area contributed by atoms with Crippen LogP contribution in [0.25, 0.3) is 0 Å². The summed E-state index contributed by atoms with van der Waals surface area (Å²) in [5, 5.41) is 6.92. The van der Waals surface area contributed by atoms with Gasteiger partial charge in [-0.1, -0.05) is 6.07 Å². The number of carbonyl (C=O) groups excluding carboxylic acids is 2. The Balaban J connectivity index is 1.59. The van der Waals surface area contributed by atoms with Crippen LogP contribution in [0.2, 0.25) is 0 Å². The Morgan fingerprint density at radius 3 is 2.88 bits per heavy atom. The van der Waals surface area contributed by atoms with Gasteiger partial charge in [-0.25, -0.2) is 0 Å². The third kappa shape index (κ3) is 3.56. The van der Waals surface area contributed by atoms with Crippen LogP contribution in [-0.4, -0.2) is 34.7 Å². The van der Waals surface area contributed by atoms with E-state index in [1.54, 1.807) is 34.8 Å². The van der Waals surface area contributed by atoms with Gasteiger partial charge in [-0.2, -0.15) is 5.10 Å². The first-order chi connectivity index (χ1) is 11.5. The largest absolute Gasteiger partial charge is 0.484 e. The molecule has 1 aliphatic heterocycles. The van der Waals surface area contributed by atoms with Crippen molar-refractivity contribution in [2.45, 2.75) is 19.8 Å². The second kappa shape index (κ2) is 6.74. The van der Waals surface area contributed by atoms with Crippen LogP contribution in [0.4, 0.5) is 11.5 Å². The molecule has 24 heavy (non-hydrogen) atoms. The van der Waals surface area contributed by atoms with Crippen molar-refractivity contribution in [3.63, 3.8) is 0 Å². The Hall–Kier alpha value is -2.83. The molecule has 1 aliphatic rings. The Morgan fingerprint density at radius 2 is 2.21 bits per heavy atom. The highest BCUT2D eigenvalue weighted by Crippen LogP contribution is 2.25. The number of carbonyl (C=O) groups is 2. The van der Waals surface area contributed by atoms with Crippen molar-refractivity contribution < 1.29 is 14.3 Å². The molecule has 1 saturated heterocycles. The molecule has 0 saturated carbocycles. The average Bonchev–Trinajstić information content (AvgIpc) is 3.11. The lowest BCUT2D eigenvalue weighted by atomic mass is 10.3. The Morgan fingerprint density at radius 1 is 1.38 bits per heavy atom. The summed E-state index contributed by atoms with van der Waals surface area (Å²) in [7, 11) is 1.76. The van der Waals surface area contributed by atoms with Crippen molar-refractivity contribution in [3.8, 4) is 5.75 Å². The Bertz CT molecular complexity index is 769. The predicted octanol–water partition coefficient (Wildman–Crippen LogP) is 1.87. The first-order valence-electron chi connectivity index (χ1n) is 7.86. The number of ether oxygens (including phenoxy) is 1. The van der Waals surface area contributed by atoms with E-state index in [4.69, 9.17) is 4.74 Å². The van der Waals surface area contributed by atoms with Crippen LogP contribution in [0.3, 0.4) is 0 Å². The van der Waals surface area contributed by atoms with Gasteiger partial charge in [0.1, 0.15) is 11.6 Å². The maximum Gasteiger partial charge on any atom is 0.263 e. The number of amides is 2. The molecule has 126 valence electrons. The second-order valence-electron chi connectivity index (χ2n) is 5.78. The molecule has 0 bridgehead atoms. The van der Waals surface area contributed by atoms with Gasteiger partial charge >= 0.3 is 0 Å². The van der Waals surface area contributed by atoms with E-state index in [0.29, 0.717) is 18.0 Å². The molecule has 1 aromatic heterocycles. The number of hydrogen-bond acceptors (Lipinski definition) is 4. The number of anilines is 2. The standard InChI is InChI=1S/C17H20N4O3/c1-12-9-15(20(2)19-12)18-16(22)11-24-14-6-3-5-13(10-14)21-8-4-7-17(21)23/h3,5-6,9-10H,4,7-8,11H2,1-2H3,(H,18,22). The van der Waals surface area contributed by atoms with E-state index in [0.717, 1.165) is 24.3 Å². The minimum absolute atomic E-state index is 0.109. The molecule has 0 unspecified atom stereocenters. The summed E-state index contributed by atoms with van der Waals surface area (Å²) in [6.45, 7) is 2.47. The number of nitrogens with one attached hydrogen (secondary N) is 1. The van der Waals surface area contributed by atoms with Crippen LogP contribution >= 0.6 is 0 Å². The monoisotopic (exact) mass is 328 g/mol. The highest BCUT2D eigenvalue weighted by Gasteiger charge is 2.21. The van der Waals surface area contributed by atoms with E-state index in [1.807, 2.05) is 19.1 Å². The summed E-state index contributed by atoms with van der Waals surface area (Å²) in [6, 6.07) is 9.03. The quantitative estimate of drug-likeness (QED) is 0.909. The van der Waals surface area contributed by atoms with Gasteiger partial charge in [0.15, 0.2) is 6.61 Å². The number of aromatic nitrogens is 2. The van der Waals surface area contributed by atoms with Crippen LogP contribution in [0.5, 0.6) is 5.75 Å². The van der Waals surface area contributed by atoms with Crippen molar-refractivity contribution in [1.82, 2.24) is 9.78 Å². The fourth-order valence-corrected chi connectivity index (χ4v) is 2.72. The van der Waals surface area contributed by atoms with Crippen molar-refractivity contribution in [1.29, 1.82) is 0 Å². The zero-order valence-electron chi connectivity index (χ0n) is 13.8. The summed E-state index contributed by atoms with van der Waals surface area (Å²) >= 11 is 0. The lowest BCUT2D eigenvalue weighted by Gasteiger charge is -2.16. The number of rotatable bonds is 5. The molecular formula is C17H20N4O3. The Labute approximate surface area is 140 Å². The van der Waals surface area contributed by atoms with Gasteiger partial charge in [0, 0.05) is 37.8 Å². The Kier molecular flexibility index (Phi) is 4.50. The molecule has 0 radical (unpaired) electrons. The van der Waals surface area contributed by atoms with Crippen LogP contribution in [0, 0.1) is 6.92 Å². The fraction of sp³-hybridized carbons (Fsp3) is 0.353. The molecule has 0 aliphatic carbocycles.